The van der Waals surface area contributed by atoms with Gasteiger partial charge in [0.1, 0.15) is 11.6 Å². The topological polar surface area (TPSA) is 78.7 Å². The normalized spacial score (nSPS) is 16.2. The highest BCUT2D eigenvalue weighted by atomic mass is 35.5. The van der Waals surface area contributed by atoms with E-state index in [1.54, 1.807) is 0 Å². The minimum atomic E-state index is -1.35. The van der Waals surface area contributed by atoms with Gasteiger partial charge in [-0.1, -0.05) is 11.6 Å². The molecule has 1 aliphatic rings. The summed E-state index contributed by atoms with van der Waals surface area (Å²) in [6.45, 7) is 1.53. The van der Waals surface area contributed by atoms with E-state index in [2.05, 4.69) is 5.32 Å². The van der Waals surface area contributed by atoms with Gasteiger partial charge in [0.05, 0.1) is 21.6 Å². The number of carbonyl (C=O) groups excluding carboxylic acids is 1. The summed E-state index contributed by atoms with van der Waals surface area (Å²) in [6.07, 6.45) is 0. The number of allylic oxidation sites excluding steroid dienone is 1. The summed E-state index contributed by atoms with van der Waals surface area (Å²) in [7, 11) is 2.93. The number of rotatable bonds is 4. The molecule has 0 saturated carbocycles. The number of halogens is 4. The van der Waals surface area contributed by atoms with Crippen molar-refractivity contribution in [2.75, 3.05) is 19.0 Å². The molecule has 168 valence electrons. The van der Waals surface area contributed by atoms with Crippen LogP contribution < -0.4 is 10.2 Å². The molecule has 0 unspecified atom stereocenters. The van der Waals surface area contributed by atoms with Gasteiger partial charge in [-0.05, 0) is 37.3 Å². The van der Waals surface area contributed by atoms with E-state index in [4.69, 9.17) is 23.8 Å². The molecule has 0 bridgehead atoms. The molecule has 0 radical (unpaired) electrons. The van der Waals surface area contributed by atoms with Gasteiger partial charge < -0.3 is 10.2 Å². The molecule has 2 aromatic carbocycles. The summed E-state index contributed by atoms with van der Waals surface area (Å²) in [5.41, 5.74) is -0.687. The fourth-order valence-corrected chi connectivity index (χ4v) is 3.88. The first kappa shape index (κ1) is 23.5. The van der Waals surface area contributed by atoms with Crippen molar-refractivity contribution in [1.29, 1.82) is 0 Å². The average Bonchev–Trinajstić information content (AvgIpc) is 2.69. The third-order valence-electron chi connectivity index (χ3n) is 4.86. The van der Waals surface area contributed by atoms with E-state index in [0.717, 1.165) is 12.1 Å². The molecule has 0 spiro atoms. The fraction of sp³-hybridized carbons (Fsp3) is 0.200. The third-order valence-corrected chi connectivity index (χ3v) is 5.45. The first-order valence-corrected chi connectivity index (χ1v) is 9.84. The molecule has 1 heterocycles. The summed E-state index contributed by atoms with van der Waals surface area (Å²) in [5, 5.41) is 13.8. The van der Waals surface area contributed by atoms with Crippen molar-refractivity contribution in [1.82, 2.24) is 10.2 Å². The van der Waals surface area contributed by atoms with Crippen LogP contribution in [0, 0.1) is 27.6 Å². The van der Waals surface area contributed by atoms with Crippen LogP contribution in [0.15, 0.2) is 41.6 Å². The molecule has 0 saturated heterocycles. The lowest BCUT2D eigenvalue weighted by Crippen LogP contribution is -2.49. The molecule has 1 atom stereocenters. The van der Waals surface area contributed by atoms with Crippen molar-refractivity contribution in [3.05, 3.63) is 79.8 Å². The highest BCUT2D eigenvalue weighted by Gasteiger charge is 2.38. The minimum Gasteiger partial charge on any atom is -0.351 e. The van der Waals surface area contributed by atoms with Crippen LogP contribution in [0.25, 0.3) is 0 Å². The molecule has 0 aliphatic carbocycles. The first-order chi connectivity index (χ1) is 14.9. The summed E-state index contributed by atoms with van der Waals surface area (Å²) in [4.78, 5) is 25.9. The smallest absolute Gasteiger partial charge is 0.305 e. The van der Waals surface area contributed by atoms with Crippen molar-refractivity contribution >= 4 is 46.2 Å². The Balaban J connectivity index is 2.25. The van der Waals surface area contributed by atoms with Gasteiger partial charge in [-0.3, -0.25) is 19.8 Å². The zero-order chi connectivity index (χ0) is 23.9. The summed E-state index contributed by atoms with van der Waals surface area (Å²) in [5.74, 6) is -3.65. The van der Waals surface area contributed by atoms with Crippen LogP contribution in [0.5, 0.6) is 0 Å². The largest absolute Gasteiger partial charge is 0.351 e. The Morgan fingerprint density at radius 1 is 1.19 bits per heavy atom. The number of nitrogens with one attached hydrogen (secondary N) is 1. The Hall–Kier alpha value is -3.18. The molecular formula is C20H16ClF3N4O3S. The van der Waals surface area contributed by atoms with E-state index in [0.29, 0.717) is 11.8 Å². The van der Waals surface area contributed by atoms with E-state index >= 15 is 0 Å². The highest BCUT2D eigenvalue weighted by Crippen LogP contribution is 2.37. The Morgan fingerprint density at radius 2 is 1.84 bits per heavy atom. The number of nitro groups is 1. The van der Waals surface area contributed by atoms with Crippen molar-refractivity contribution < 1.29 is 22.9 Å². The van der Waals surface area contributed by atoms with Crippen molar-refractivity contribution in [2.24, 2.45) is 0 Å². The van der Waals surface area contributed by atoms with Crippen molar-refractivity contribution in [2.45, 2.75) is 13.0 Å². The van der Waals surface area contributed by atoms with Crippen LogP contribution in [0.1, 0.15) is 18.5 Å². The minimum absolute atomic E-state index is 0.00291. The molecule has 1 aliphatic heterocycles. The number of hydrogen-bond donors (Lipinski definition) is 1. The summed E-state index contributed by atoms with van der Waals surface area (Å²) in [6, 6.07) is 3.68. The molecule has 0 fully saturated rings. The van der Waals surface area contributed by atoms with Crippen LogP contribution in [0.4, 0.5) is 24.5 Å². The summed E-state index contributed by atoms with van der Waals surface area (Å²) >= 11 is 11.3. The molecule has 7 nitrogen and oxygen atoms in total. The average molecular weight is 485 g/mol. The lowest BCUT2D eigenvalue weighted by Gasteiger charge is -2.38. The summed E-state index contributed by atoms with van der Waals surface area (Å²) < 4.78 is 42.2. The molecule has 2 aromatic rings. The number of benzene rings is 2. The van der Waals surface area contributed by atoms with Crippen molar-refractivity contribution in [3.63, 3.8) is 0 Å². The highest BCUT2D eigenvalue weighted by molar-refractivity contribution is 7.80. The molecular weight excluding hydrogens is 469 g/mol. The first-order valence-electron chi connectivity index (χ1n) is 9.05. The van der Waals surface area contributed by atoms with Gasteiger partial charge in [0.2, 0.25) is 5.82 Å². The second-order valence-corrected chi connectivity index (χ2v) is 7.89. The predicted molar refractivity (Wildman–Crippen MR) is 117 cm³/mol. The van der Waals surface area contributed by atoms with Gasteiger partial charge in [0.15, 0.2) is 5.11 Å². The molecule has 3 rings (SSSR count). The van der Waals surface area contributed by atoms with Crippen LogP contribution in [0.3, 0.4) is 0 Å². The molecule has 32 heavy (non-hydrogen) atoms. The number of amides is 1. The van der Waals surface area contributed by atoms with Crippen LogP contribution in [0.2, 0.25) is 5.02 Å². The van der Waals surface area contributed by atoms with E-state index in [9.17, 15) is 28.1 Å². The SMILES string of the molecule is CC1=C(C(=O)N(C)C)[C@@H](c2cc([N+](=O)[O-])c(F)cc2F)NC(=S)N1c1ccc(F)c(Cl)c1. The number of likely N-dealkylation sites (N-methyl/N-ethyl adjacent to an activating group) is 1. The number of carbonyl (C=O) groups is 1. The standard InChI is InChI=1S/C20H16ClF3N4O3S/c1-9-17(19(29)26(2)3)18(11-7-16(28(30)31)15(24)8-14(11)23)25-20(32)27(9)10-4-5-13(22)12(21)6-10/h4-8,18H,1-3H3,(H,25,32)/t18-/m1/s1. The number of thiocarbonyl (C=S) groups is 1. The number of nitrogens with zero attached hydrogens (tertiary/aromatic N) is 3. The Labute approximate surface area is 191 Å². The second-order valence-electron chi connectivity index (χ2n) is 7.10. The van der Waals surface area contributed by atoms with E-state index < -0.39 is 40.0 Å². The Bertz CT molecular complexity index is 1190. The number of hydrogen-bond acceptors (Lipinski definition) is 4. The molecule has 0 aromatic heterocycles. The van der Waals surface area contributed by atoms with E-state index in [1.165, 1.54) is 43.0 Å². The van der Waals surface area contributed by atoms with Crippen LogP contribution >= 0.6 is 23.8 Å². The fourth-order valence-electron chi connectivity index (χ4n) is 3.34. The van der Waals surface area contributed by atoms with Crippen LogP contribution in [-0.2, 0) is 4.79 Å². The van der Waals surface area contributed by atoms with Crippen LogP contribution in [-0.4, -0.2) is 34.9 Å². The van der Waals surface area contributed by atoms with Gasteiger partial charge in [-0.15, -0.1) is 0 Å². The number of anilines is 1. The van der Waals surface area contributed by atoms with E-state index in [-0.39, 0.29) is 27.0 Å². The quantitative estimate of drug-likeness (QED) is 0.392. The monoisotopic (exact) mass is 484 g/mol. The van der Waals surface area contributed by atoms with Gasteiger partial charge in [0, 0.05) is 43.2 Å². The molecule has 1 amide bonds. The number of nitro benzene ring substituents is 1. The van der Waals surface area contributed by atoms with Gasteiger partial charge in [-0.25, -0.2) is 8.78 Å². The second kappa shape index (κ2) is 8.75. The third kappa shape index (κ3) is 4.13. The van der Waals surface area contributed by atoms with Gasteiger partial charge >= 0.3 is 5.69 Å². The van der Waals surface area contributed by atoms with Gasteiger partial charge in [0.25, 0.3) is 5.91 Å². The van der Waals surface area contributed by atoms with Crippen molar-refractivity contribution in [3.8, 4) is 0 Å². The maximum Gasteiger partial charge on any atom is 0.305 e. The zero-order valence-electron chi connectivity index (χ0n) is 17.0. The Kier molecular flexibility index (Phi) is 6.42. The predicted octanol–water partition coefficient (Wildman–Crippen LogP) is 4.46. The van der Waals surface area contributed by atoms with Gasteiger partial charge in [-0.2, -0.15) is 4.39 Å². The lowest BCUT2D eigenvalue weighted by molar-refractivity contribution is -0.387. The molecule has 1 N–H and O–H groups in total. The lowest BCUT2D eigenvalue weighted by atomic mass is 9.93. The maximum atomic E-state index is 14.7. The molecule has 12 heteroatoms. The Morgan fingerprint density at radius 3 is 2.41 bits per heavy atom. The van der Waals surface area contributed by atoms with E-state index in [1.807, 2.05) is 0 Å². The maximum absolute atomic E-state index is 14.7. The zero-order valence-corrected chi connectivity index (χ0v) is 18.5.